The molecule has 4 rings (SSSR count). The maximum absolute atomic E-state index is 14.6. The van der Waals surface area contributed by atoms with Crippen LogP contribution in [0, 0.1) is 5.82 Å². The third kappa shape index (κ3) is 2.07. The van der Waals surface area contributed by atoms with Gasteiger partial charge in [0.2, 0.25) is 0 Å². The van der Waals surface area contributed by atoms with E-state index >= 15 is 0 Å². The quantitative estimate of drug-likeness (QED) is 0.478. The molecule has 24 heavy (non-hydrogen) atoms. The molecule has 0 amide bonds. The molecule has 0 aliphatic heterocycles. The number of rotatable bonds is 2. The standard InChI is InChI=1S/C20H13FO3/c1-23-20(22)14-8-4-9-15(21)18(14)13-7-5-11-17-19(13)12-6-2-3-10-16(12)24-17/h2-11H,1H3. The topological polar surface area (TPSA) is 39.4 Å². The van der Waals surface area contributed by atoms with Gasteiger partial charge in [0.05, 0.1) is 12.7 Å². The van der Waals surface area contributed by atoms with Crippen molar-refractivity contribution in [2.75, 3.05) is 7.11 Å². The summed E-state index contributed by atoms with van der Waals surface area (Å²) in [7, 11) is 1.28. The van der Waals surface area contributed by atoms with Crippen LogP contribution in [0.15, 0.2) is 65.1 Å². The van der Waals surface area contributed by atoms with Gasteiger partial charge in [-0.3, -0.25) is 0 Å². The number of halogens is 1. The van der Waals surface area contributed by atoms with E-state index in [9.17, 15) is 9.18 Å². The highest BCUT2D eigenvalue weighted by Crippen LogP contribution is 2.38. The minimum Gasteiger partial charge on any atom is -0.465 e. The van der Waals surface area contributed by atoms with Crippen molar-refractivity contribution in [2.45, 2.75) is 0 Å². The Bertz CT molecular complexity index is 1080. The lowest BCUT2D eigenvalue weighted by molar-refractivity contribution is 0.0601. The number of carbonyl (C=O) groups is 1. The fourth-order valence-electron chi connectivity index (χ4n) is 3.06. The number of hydrogen-bond donors (Lipinski definition) is 0. The van der Waals surface area contributed by atoms with E-state index in [4.69, 9.17) is 9.15 Å². The third-order valence-electron chi connectivity index (χ3n) is 4.09. The Morgan fingerprint density at radius 3 is 2.54 bits per heavy atom. The fraction of sp³-hybridized carbons (Fsp3) is 0.0500. The maximum Gasteiger partial charge on any atom is 0.338 e. The van der Waals surface area contributed by atoms with Crippen LogP contribution in [0.5, 0.6) is 0 Å². The van der Waals surface area contributed by atoms with E-state index in [0.717, 1.165) is 16.4 Å². The normalized spacial score (nSPS) is 11.1. The summed E-state index contributed by atoms with van der Waals surface area (Å²) in [6.45, 7) is 0. The van der Waals surface area contributed by atoms with Gasteiger partial charge in [0.15, 0.2) is 0 Å². The van der Waals surface area contributed by atoms with Crippen LogP contribution in [0.4, 0.5) is 4.39 Å². The number of furan rings is 1. The first kappa shape index (κ1) is 14.5. The molecule has 0 unspecified atom stereocenters. The van der Waals surface area contributed by atoms with E-state index in [-0.39, 0.29) is 11.1 Å². The van der Waals surface area contributed by atoms with Gasteiger partial charge in [-0.1, -0.05) is 36.4 Å². The average Bonchev–Trinajstić information content (AvgIpc) is 2.99. The summed E-state index contributed by atoms with van der Waals surface area (Å²) >= 11 is 0. The molecule has 0 bridgehead atoms. The van der Waals surface area contributed by atoms with Gasteiger partial charge < -0.3 is 9.15 Å². The number of fused-ring (bicyclic) bond motifs is 3. The molecule has 4 heteroatoms. The number of carbonyl (C=O) groups excluding carboxylic acids is 1. The van der Waals surface area contributed by atoms with E-state index in [1.54, 1.807) is 18.2 Å². The molecule has 0 N–H and O–H groups in total. The van der Waals surface area contributed by atoms with Gasteiger partial charge in [0.1, 0.15) is 17.0 Å². The van der Waals surface area contributed by atoms with Crippen molar-refractivity contribution in [3.05, 3.63) is 72.0 Å². The van der Waals surface area contributed by atoms with Crippen LogP contribution in [0.25, 0.3) is 33.1 Å². The SMILES string of the molecule is COC(=O)c1cccc(F)c1-c1cccc2oc3ccccc3c12. The molecule has 0 radical (unpaired) electrons. The summed E-state index contributed by atoms with van der Waals surface area (Å²) in [6.07, 6.45) is 0. The van der Waals surface area contributed by atoms with Crippen LogP contribution < -0.4 is 0 Å². The van der Waals surface area contributed by atoms with E-state index in [1.165, 1.54) is 19.2 Å². The lowest BCUT2D eigenvalue weighted by Gasteiger charge is -2.10. The highest BCUT2D eigenvalue weighted by atomic mass is 19.1. The predicted octanol–water partition coefficient (Wildman–Crippen LogP) is 5.18. The number of esters is 1. The van der Waals surface area contributed by atoms with Crippen LogP contribution >= 0.6 is 0 Å². The Labute approximate surface area is 137 Å². The predicted molar refractivity (Wildman–Crippen MR) is 90.5 cm³/mol. The maximum atomic E-state index is 14.6. The Morgan fingerprint density at radius 2 is 1.71 bits per heavy atom. The van der Waals surface area contributed by atoms with Crippen molar-refractivity contribution in [3.8, 4) is 11.1 Å². The van der Waals surface area contributed by atoms with Crippen molar-refractivity contribution in [2.24, 2.45) is 0 Å². The minimum absolute atomic E-state index is 0.190. The first-order chi connectivity index (χ1) is 11.7. The molecule has 0 saturated carbocycles. The highest BCUT2D eigenvalue weighted by Gasteiger charge is 2.21. The summed E-state index contributed by atoms with van der Waals surface area (Å²) in [5.74, 6) is -1.05. The fourth-order valence-corrected chi connectivity index (χ4v) is 3.06. The second-order valence-electron chi connectivity index (χ2n) is 5.43. The van der Waals surface area contributed by atoms with Crippen molar-refractivity contribution >= 4 is 27.9 Å². The molecule has 1 heterocycles. The van der Waals surface area contributed by atoms with Crippen LogP contribution in [0.1, 0.15) is 10.4 Å². The summed E-state index contributed by atoms with van der Waals surface area (Å²) in [4.78, 5) is 12.1. The molecule has 1 aromatic heterocycles. The van der Waals surface area contributed by atoms with Gasteiger partial charge in [0.25, 0.3) is 0 Å². The van der Waals surface area contributed by atoms with Crippen molar-refractivity contribution < 1.29 is 18.3 Å². The molecule has 0 fully saturated rings. The first-order valence-corrected chi connectivity index (χ1v) is 7.48. The summed E-state index contributed by atoms with van der Waals surface area (Å²) in [6, 6.07) is 17.4. The zero-order chi connectivity index (χ0) is 16.7. The second-order valence-corrected chi connectivity index (χ2v) is 5.43. The van der Waals surface area contributed by atoms with Crippen LogP contribution in [0.2, 0.25) is 0 Å². The monoisotopic (exact) mass is 320 g/mol. The average molecular weight is 320 g/mol. The lowest BCUT2D eigenvalue weighted by atomic mass is 9.95. The van der Waals surface area contributed by atoms with Gasteiger partial charge in [-0.2, -0.15) is 0 Å². The van der Waals surface area contributed by atoms with Crippen molar-refractivity contribution in [3.63, 3.8) is 0 Å². The van der Waals surface area contributed by atoms with E-state index in [2.05, 4.69) is 0 Å². The van der Waals surface area contributed by atoms with Crippen molar-refractivity contribution in [1.29, 1.82) is 0 Å². The number of hydrogen-bond acceptors (Lipinski definition) is 3. The largest absolute Gasteiger partial charge is 0.465 e. The molecule has 3 aromatic carbocycles. The smallest absolute Gasteiger partial charge is 0.338 e. The highest BCUT2D eigenvalue weighted by molar-refractivity contribution is 6.14. The Kier molecular flexibility index (Phi) is 3.31. The molecule has 3 nitrogen and oxygen atoms in total. The van der Waals surface area contributed by atoms with E-state index in [0.29, 0.717) is 11.1 Å². The Hall–Kier alpha value is -3.14. The van der Waals surface area contributed by atoms with Gasteiger partial charge in [-0.25, -0.2) is 9.18 Å². The van der Waals surface area contributed by atoms with E-state index in [1.807, 2.05) is 30.3 Å². The zero-order valence-electron chi connectivity index (χ0n) is 12.9. The van der Waals surface area contributed by atoms with Crippen LogP contribution in [-0.4, -0.2) is 13.1 Å². The number of benzene rings is 3. The summed E-state index contributed by atoms with van der Waals surface area (Å²) in [5, 5.41) is 1.66. The molecule has 0 saturated heterocycles. The Morgan fingerprint density at radius 1 is 0.958 bits per heavy atom. The number of methoxy groups -OCH3 is 1. The Balaban J connectivity index is 2.14. The molecule has 118 valence electrons. The molecule has 4 aromatic rings. The van der Waals surface area contributed by atoms with Gasteiger partial charge in [-0.05, 0) is 29.8 Å². The second kappa shape index (κ2) is 5.49. The molecular weight excluding hydrogens is 307 g/mol. The molecule has 0 aliphatic rings. The summed E-state index contributed by atoms with van der Waals surface area (Å²) in [5.41, 5.74) is 2.39. The molecule has 0 spiro atoms. The first-order valence-electron chi connectivity index (χ1n) is 7.48. The van der Waals surface area contributed by atoms with Crippen LogP contribution in [-0.2, 0) is 4.74 Å². The van der Waals surface area contributed by atoms with Gasteiger partial charge in [-0.15, -0.1) is 0 Å². The van der Waals surface area contributed by atoms with Gasteiger partial charge in [0, 0.05) is 16.3 Å². The zero-order valence-corrected chi connectivity index (χ0v) is 12.9. The summed E-state index contributed by atoms with van der Waals surface area (Å²) < 4.78 is 25.3. The lowest BCUT2D eigenvalue weighted by Crippen LogP contribution is -2.05. The van der Waals surface area contributed by atoms with Crippen molar-refractivity contribution in [1.82, 2.24) is 0 Å². The molecule has 0 atom stereocenters. The van der Waals surface area contributed by atoms with Crippen LogP contribution in [0.3, 0.4) is 0 Å². The molecule has 0 aliphatic carbocycles. The third-order valence-corrected chi connectivity index (χ3v) is 4.09. The van der Waals surface area contributed by atoms with E-state index < -0.39 is 11.8 Å². The number of ether oxygens (including phenoxy) is 1. The minimum atomic E-state index is -0.575. The molecular formula is C20H13FO3. The van der Waals surface area contributed by atoms with Gasteiger partial charge >= 0.3 is 5.97 Å². The number of para-hydroxylation sites is 1.